The van der Waals surface area contributed by atoms with Crippen LogP contribution in [0.2, 0.25) is 0 Å². The molecule has 1 rings (SSSR count). The molecule has 0 heterocycles. The average Bonchev–Trinajstić information content (AvgIpc) is 2.36. The third-order valence-corrected chi connectivity index (χ3v) is 2.71. The maximum absolute atomic E-state index is 11.6. The predicted molar refractivity (Wildman–Crippen MR) is 70.9 cm³/mol. The van der Waals surface area contributed by atoms with Gasteiger partial charge in [-0.25, -0.2) is 0 Å². The summed E-state index contributed by atoms with van der Waals surface area (Å²) in [5.41, 5.74) is 0.972. The van der Waals surface area contributed by atoms with E-state index in [2.05, 4.69) is 5.32 Å². The van der Waals surface area contributed by atoms with Crippen LogP contribution in [0, 0.1) is 5.92 Å². The molecule has 5 nitrogen and oxygen atoms in total. The Kier molecular flexibility index (Phi) is 5.85. The van der Waals surface area contributed by atoms with E-state index in [1.165, 1.54) is 0 Å². The molecule has 1 atom stereocenters. The second-order valence-electron chi connectivity index (χ2n) is 4.53. The van der Waals surface area contributed by atoms with Crippen molar-refractivity contribution >= 4 is 11.9 Å². The lowest BCUT2D eigenvalue weighted by Crippen LogP contribution is -2.25. The highest BCUT2D eigenvalue weighted by Crippen LogP contribution is 2.11. The summed E-state index contributed by atoms with van der Waals surface area (Å²) in [6, 6.07) is 7.41. The minimum atomic E-state index is -0.879. The number of ether oxygens (including phenoxy) is 1. The van der Waals surface area contributed by atoms with E-state index in [1.54, 1.807) is 14.0 Å². The first kappa shape index (κ1) is 15.0. The Morgan fingerprint density at radius 1 is 1.26 bits per heavy atom. The Hall–Kier alpha value is -2.04. The van der Waals surface area contributed by atoms with Gasteiger partial charge in [-0.05, 0) is 23.6 Å². The van der Waals surface area contributed by atoms with Crippen molar-refractivity contribution in [2.75, 3.05) is 7.11 Å². The number of methoxy groups -OCH3 is 1. The van der Waals surface area contributed by atoms with E-state index in [0.717, 1.165) is 11.3 Å². The van der Waals surface area contributed by atoms with Crippen LogP contribution in [0.25, 0.3) is 0 Å². The standard InChI is InChI=1S/C14H19NO4/c1-10(8-14(17)18)7-13(16)15-9-11-3-5-12(19-2)6-4-11/h3-6,10H,7-9H2,1-2H3,(H,15,16)(H,17,18)/t10-/m1/s1. The van der Waals surface area contributed by atoms with Gasteiger partial charge in [0.15, 0.2) is 0 Å². The van der Waals surface area contributed by atoms with Gasteiger partial charge < -0.3 is 15.2 Å². The van der Waals surface area contributed by atoms with E-state index in [1.807, 2.05) is 24.3 Å². The Bertz CT molecular complexity index is 428. The van der Waals surface area contributed by atoms with Crippen LogP contribution < -0.4 is 10.1 Å². The first-order chi connectivity index (χ1) is 9.01. The zero-order valence-corrected chi connectivity index (χ0v) is 11.2. The van der Waals surface area contributed by atoms with Crippen LogP contribution in [0.3, 0.4) is 0 Å². The normalized spacial score (nSPS) is 11.7. The second-order valence-corrected chi connectivity index (χ2v) is 4.53. The van der Waals surface area contributed by atoms with E-state index in [9.17, 15) is 9.59 Å². The van der Waals surface area contributed by atoms with Gasteiger partial charge in [-0.15, -0.1) is 0 Å². The molecule has 104 valence electrons. The smallest absolute Gasteiger partial charge is 0.303 e. The SMILES string of the molecule is COc1ccc(CNC(=O)C[C@@H](C)CC(=O)O)cc1. The summed E-state index contributed by atoms with van der Waals surface area (Å²) in [4.78, 5) is 22.1. The average molecular weight is 265 g/mol. The number of nitrogens with one attached hydrogen (secondary N) is 1. The molecule has 19 heavy (non-hydrogen) atoms. The van der Waals surface area contributed by atoms with Gasteiger partial charge in [0.05, 0.1) is 7.11 Å². The van der Waals surface area contributed by atoms with Gasteiger partial charge >= 0.3 is 5.97 Å². The van der Waals surface area contributed by atoms with E-state index < -0.39 is 5.97 Å². The first-order valence-electron chi connectivity index (χ1n) is 6.12. The van der Waals surface area contributed by atoms with Gasteiger partial charge in [0.25, 0.3) is 0 Å². The molecule has 1 aromatic rings. The van der Waals surface area contributed by atoms with Crippen LogP contribution in [0.5, 0.6) is 5.75 Å². The fourth-order valence-corrected chi connectivity index (χ4v) is 1.70. The van der Waals surface area contributed by atoms with Gasteiger partial charge in [-0.3, -0.25) is 9.59 Å². The van der Waals surface area contributed by atoms with Crippen LogP contribution in [0.15, 0.2) is 24.3 Å². The molecule has 0 saturated heterocycles. The number of carbonyl (C=O) groups excluding carboxylic acids is 1. The number of amides is 1. The molecular formula is C14H19NO4. The fraction of sp³-hybridized carbons (Fsp3) is 0.429. The van der Waals surface area contributed by atoms with Crippen molar-refractivity contribution in [1.29, 1.82) is 0 Å². The van der Waals surface area contributed by atoms with Gasteiger partial charge in [0, 0.05) is 19.4 Å². The second kappa shape index (κ2) is 7.41. The molecule has 2 N–H and O–H groups in total. The first-order valence-corrected chi connectivity index (χ1v) is 6.12. The molecule has 0 bridgehead atoms. The third-order valence-electron chi connectivity index (χ3n) is 2.71. The summed E-state index contributed by atoms with van der Waals surface area (Å²) >= 11 is 0. The number of carbonyl (C=O) groups is 2. The largest absolute Gasteiger partial charge is 0.497 e. The van der Waals surface area contributed by atoms with Crippen molar-refractivity contribution in [1.82, 2.24) is 5.32 Å². The van der Waals surface area contributed by atoms with Crippen molar-refractivity contribution in [3.8, 4) is 5.75 Å². The number of carboxylic acid groups (broad SMARTS) is 1. The van der Waals surface area contributed by atoms with Crippen LogP contribution in [-0.2, 0) is 16.1 Å². The Labute approximate surface area is 112 Å². The highest BCUT2D eigenvalue weighted by atomic mass is 16.5. The molecule has 0 saturated carbocycles. The molecule has 5 heteroatoms. The van der Waals surface area contributed by atoms with Crippen molar-refractivity contribution in [3.63, 3.8) is 0 Å². The summed E-state index contributed by atoms with van der Waals surface area (Å²) in [7, 11) is 1.60. The lowest BCUT2D eigenvalue weighted by molar-refractivity contribution is -0.138. The Balaban J connectivity index is 2.34. The van der Waals surface area contributed by atoms with E-state index in [4.69, 9.17) is 9.84 Å². The quantitative estimate of drug-likeness (QED) is 0.788. The lowest BCUT2D eigenvalue weighted by Gasteiger charge is -2.09. The van der Waals surface area contributed by atoms with E-state index >= 15 is 0 Å². The molecule has 1 amide bonds. The van der Waals surface area contributed by atoms with Crippen LogP contribution in [-0.4, -0.2) is 24.1 Å². The van der Waals surface area contributed by atoms with Crippen LogP contribution in [0.1, 0.15) is 25.3 Å². The molecule has 0 spiro atoms. The summed E-state index contributed by atoms with van der Waals surface area (Å²) in [5.74, 6) is -0.404. The maximum Gasteiger partial charge on any atom is 0.303 e. The van der Waals surface area contributed by atoms with E-state index in [-0.39, 0.29) is 24.7 Å². The summed E-state index contributed by atoms with van der Waals surface area (Å²) in [6.45, 7) is 2.18. The van der Waals surface area contributed by atoms with Crippen LogP contribution in [0.4, 0.5) is 0 Å². The van der Waals surface area contributed by atoms with Gasteiger partial charge in [-0.1, -0.05) is 19.1 Å². The number of hydrogen-bond donors (Lipinski definition) is 2. The van der Waals surface area contributed by atoms with E-state index in [0.29, 0.717) is 6.54 Å². The van der Waals surface area contributed by atoms with Gasteiger partial charge in [-0.2, -0.15) is 0 Å². The summed E-state index contributed by atoms with van der Waals surface area (Å²) < 4.78 is 5.04. The van der Waals surface area contributed by atoms with Crippen molar-refractivity contribution in [3.05, 3.63) is 29.8 Å². The minimum absolute atomic E-state index is 0.00988. The molecule has 0 aliphatic rings. The predicted octanol–water partition coefficient (Wildman–Crippen LogP) is 1.81. The Morgan fingerprint density at radius 3 is 2.42 bits per heavy atom. The highest BCUT2D eigenvalue weighted by molar-refractivity contribution is 5.77. The minimum Gasteiger partial charge on any atom is -0.497 e. The van der Waals surface area contributed by atoms with Crippen molar-refractivity contribution < 1.29 is 19.4 Å². The topological polar surface area (TPSA) is 75.6 Å². The third kappa shape index (κ3) is 5.90. The van der Waals surface area contributed by atoms with Crippen molar-refractivity contribution in [2.45, 2.75) is 26.3 Å². The molecule has 0 aliphatic carbocycles. The molecule has 0 fully saturated rings. The molecular weight excluding hydrogens is 246 g/mol. The number of hydrogen-bond acceptors (Lipinski definition) is 3. The molecule has 0 aromatic heterocycles. The van der Waals surface area contributed by atoms with Gasteiger partial charge in [0.1, 0.15) is 5.75 Å². The van der Waals surface area contributed by atoms with Gasteiger partial charge in [0.2, 0.25) is 5.91 Å². The highest BCUT2D eigenvalue weighted by Gasteiger charge is 2.12. The fourth-order valence-electron chi connectivity index (χ4n) is 1.70. The summed E-state index contributed by atoms with van der Waals surface area (Å²) in [6.07, 6.45) is 0.235. The number of benzene rings is 1. The molecule has 0 radical (unpaired) electrons. The molecule has 1 aromatic carbocycles. The zero-order chi connectivity index (χ0) is 14.3. The number of carboxylic acids is 1. The lowest BCUT2D eigenvalue weighted by atomic mass is 10.0. The molecule has 0 unspecified atom stereocenters. The zero-order valence-electron chi connectivity index (χ0n) is 11.2. The van der Waals surface area contributed by atoms with Crippen molar-refractivity contribution in [2.24, 2.45) is 5.92 Å². The maximum atomic E-state index is 11.6. The monoisotopic (exact) mass is 265 g/mol. The molecule has 0 aliphatic heterocycles. The Morgan fingerprint density at radius 2 is 1.89 bits per heavy atom. The number of rotatable bonds is 7. The summed E-state index contributed by atoms with van der Waals surface area (Å²) in [5, 5.41) is 11.4. The van der Waals surface area contributed by atoms with Crippen LogP contribution >= 0.6 is 0 Å². The number of aliphatic carboxylic acids is 1.